The number of ether oxygens (including phenoxy) is 1. The molecule has 0 radical (unpaired) electrons. The molecule has 2 aromatic heterocycles. The van der Waals surface area contributed by atoms with Gasteiger partial charge >= 0.3 is 0 Å². The number of imidazole rings is 1. The summed E-state index contributed by atoms with van der Waals surface area (Å²) in [5.41, 5.74) is -0.723. The fraction of sp³-hybridized carbons (Fsp3) is 0.500. The van der Waals surface area contributed by atoms with E-state index in [4.69, 9.17) is 10.00 Å². The zero-order valence-electron chi connectivity index (χ0n) is 11.0. The molecule has 1 fully saturated rings. The minimum atomic E-state index is -1.99. The van der Waals surface area contributed by atoms with Gasteiger partial charge in [0.25, 0.3) is 0 Å². The molecule has 0 amide bonds. The molecule has 0 bridgehead atoms. The molecule has 1 aliphatic heterocycles. The first-order chi connectivity index (χ1) is 10.0. The van der Waals surface area contributed by atoms with E-state index in [1.165, 1.54) is 17.0 Å². The third-order valence-corrected chi connectivity index (χ3v) is 3.63. The molecular weight excluding hydrogens is 281 g/mol. The highest BCUT2D eigenvalue weighted by Crippen LogP contribution is 2.41. The number of halogens is 1. The molecule has 8 nitrogen and oxygen atoms in total. The molecule has 3 heterocycles. The van der Waals surface area contributed by atoms with Gasteiger partial charge in [0, 0.05) is 0 Å². The molecular formula is C12H12FN5O3. The van der Waals surface area contributed by atoms with Crippen LogP contribution >= 0.6 is 0 Å². The number of aliphatic hydroxyl groups excluding tert-OH is 2. The lowest BCUT2D eigenvalue weighted by Gasteiger charge is -2.20. The standard InChI is InChI=1S/C12H12FN5O3/c1-6-11-15-2-7(18(11)17-5-16-6)9-8(13)10(20)12(3-14,4-19)21-9/h2,5,8-10,19-20H,4H2,1H3/t8-,9-,10-,12+/m0/s1. The third-order valence-electron chi connectivity index (χ3n) is 3.63. The summed E-state index contributed by atoms with van der Waals surface area (Å²) in [6.07, 6.45) is -2.25. The summed E-state index contributed by atoms with van der Waals surface area (Å²) in [5.74, 6) is 0. The Hall–Kier alpha value is -2.15. The van der Waals surface area contributed by atoms with Crippen molar-refractivity contribution in [2.75, 3.05) is 6.61 Å². The van der Waals surface area contributed by atoms with Crippen LogP contribution in [0.4, 0.5) is 4.39 Å². The Balaban J connectivity index is 2.08. The molecule has 1 saturated heterocycles. The molecule has 0 saturated carbocycles. The van der Waals surface area contributed by atoms with Crippen LogP contribution in [0.3, 0.4) is 0 Å². The molecule has 4 atom stereocenters. The fourth-order valence-corrected chi connectivity index (χ4v) is 2.41. The Kier molecular flexibility index (Phi) is 3.09. The second-order valence-corrected chi connectivity index (χ2v) is 4.85. The van der Waals surface area contributed by atoms with E-state index < -0.39 is 30.6 Å². The van der Waals surface area contributed by atoms with E-state index in [1.807, 2.05) is 0 Å². The van der Waals surface area contributed by atoms with Crippen molar-refractivity contribution in [3.05, 3.63) is 23.9 Å². The van der Waals surface area contributed by atoms with Gasteiger partial charge in [-0.15, -0.1) is 0 Å². The van der Waals surface area contributed by atoms with Crippen molar-refractivity contribution < 1.29 is 19.3 Å². The smallest absolute Gasteiger partial charge is 0.206 e. The molecule has 2 N–H and O–H groups in total. The van der Waals surface area contributed by atoms with Crippen molar-refractivity contribution >= 4 is 5.65 Å². The number of aromatic nitrogens is 4. The number of hydrogen-bond acceptors (Lipinski definition) is 7. The highest BCUT2D eigenvalue weighted by Gasteiger charge is 2.57. The summed E-state index contributed by atoms with van der Waals surface area (Å²) in [5, 5.41) is 32.2. The SMILES string of the molecule is Cc1ncnn2c([C@@H]3O[C@](C#N)(CO)[C@@H](O)[C@H]3F)cnc12. The Morgan fingerprint density at radius 2 is 2.33 bits per heavy atom. The minimum Gasteiger partial charge on any atom is -0.392 e. The second kappa shape index (κ2) is 4.70. The normalized spacial score (nSPS) is 32.4. The number of aliphatic hydroxyl groups is 2. The maximum absolute atomic E-state index is 14.3. The van der Waals surface area contributed by atoms with Gasteiger partial charge in [-0.2, -0.15) is 10.4 Å². The summed E-state index contributed by atoms with van der Waals surface area (Å²) in [4.78, 5) is 8.06. The van der Waals surface area contributed by atoms with Crippen LogP contribution in [0.25, 0.3) is 5.65 Å². The van der Waals surface area contributed by atoms with Gasteiger partial charge in [0.1, 0.15) is 24.6 Å². The summed E-state index contributed by atoms with van der Waals surface area (Å²) < 4.78 is 21.0. The average Bonchev–Trinajstić information content (AvgIpc) is 3.02. The van der Waals surface area contributed by atoms with Crippen LogP contribution < -0.4 is 0 Å². The minimum absolute atomic E-state index is 0.243. The maximum Gasteiger partial charge on any atom is 0.206 e. The topological polar surface area (TPSA) is 117 Å². The number of alkyl halides is 1. The predicted molar refractivity (Wildman–Crippen MR) is 65.7 cm³/mol. The number of hydrogen-bond donors (Lipinski definition) is 2. The first kappa shape index (κ1) is 13.8. The van der Waals surface area contributed by atoms with E-state index in [2.05, 4.69) is 15.1 Å². The van der Waals surface area contributed by atoms with Crippen LogP contribution in [0.2, 0.25) is 0 Å². The van der Waals surface area contributed by atoms with Crippen LogP contribution in [-0.2, 0) is 4.74 Å². The highest BCUT2D eigenvalue weighted by molar-refractivity contribution is 5.43. The van der Waals surface area contributed by atoms with Gasteiger partial charge < -0.3 is 14.9 Å². The molecule has 3 rings (SSSR count). The molecule has 2 aromatic rings. The van der Waals surface area contributed by atoms with Crippen LogP contribution in [0.1, 0.15) is 17.5 Å². The molecule has 0 aromatic carbocycles. The zero-order valence-corrected chi connectivity index (χ0v) is 11.0. The second-order valence-electron chi connectivity index (χ2n) is 4.85. The Morgan fingerprint density at radius 3 is 2.95 bits per heavy atom. The van der Waals surface area contributed by atoms with Gasteiger partial charge in [0.2, 0.25) is 5.60 Å². The van der Waals surface area contributed by atoms with Crippen molar-refractivity contribution in [3.8, 4) is 6.07 Å². The summed E-state index contributed by atoms with van der Waals surface area (Å²) in [6, 6.07) is 1.63. The summed E-state index contributed by atoms with van der Waals surface area (Å²) in [7, 11) is 0. The lowest BCUT2D eigenvalue weighted by atomic mass is 9.97. The van der Waals surface area contributed by atoms with Crippen molar-refractivity contribution in [1.82, 2.24) is 19.6 Å². The van der Waals surface area contributed by atoms with Crippen LogP contribution in [0, 0.1) is 18.3 Å². The average molecular weight is 293 g/mol. The Morgan fingerprint density at radius 1 is 1.57 bits per heavy atom. The largest absolute Gasteiger partial charge is 0.392 e. The number of nitriles is 1. The Bertz CT molecular complexity index is 729. The fourth-order valence-electron chi connectivity index (χ4n) is 2.41. The van der Waals surface area contributed by atoms with Gasteiger partial charge in [-0.1, -0.05) is 0 Å². The van der Waals surface area contributed by atoms with Crippen molar-refractivity contribution in [2.45, 2.75) is 30.9 Å². The molecule has 9 heteroatoms. The van der Waals surface area contributed by atoms with Gasteiger partial charge in [0.15, 0.2) is 11.8 Å². The van der Waals surface area contributed by atoms with E-state index in [-0.39, 0.29) is 5.69 Å². The molecule has 0 aliphatic carbocycles. The van der Waals surface area contributed by atoms with E-state index in [1.54, 1.807) is 13.0 Å². The number of aryl methyl sites for hydroxylation is 1. The predicted octanol–water partition coefficient (Wildman–Crippen LogP) is -0.542. The van der Waals surface area contributed by atoms with Gasteiger partial charge in [-0.3, -0.25) is 0 Å². The summed E-state index contributed by atoms with van der Waals surface area (Å²) in [6.45, 7) is 0.907. The van der Waals surface area contributed by atoms with Crippen molar-refractivity contribution in [2.24, 2.45) is 0 Å². The molecule has 1 aliphatic rings. The van der Waals surface area contributed by atoms with E-state index in [9.17, 15) is 14.6 Å². The highest BCUT2D eigenvalue weighted by atomic mass is 19.1. The maximum atomic E-state index is 14.3. The number of fused-ring (bicyclic) bond motifs is 1. The number of rotatable bonds is 2. The van der Waals surface area contributed by atoms with Gasteiger partial charge in [-0.25, -0.2) is 18.9 Å². The first-order valence-corrected chi connectivity index (χ1v) is 6.21. The van der Waals surface area contributed by atoms with E-state index >= 15 is 0 Å². The monoisotopic (exact) mass is 293 g/mol. The molecule has 0 spiro atoms. The third kappa shape index (κ3) is 1.80. The Labute approximate surface area is 118 Å². The molecule has 0 unspecified atom stereocenters. The van der Waals surface area contributed by atoms with E-state index in [0.717, 1.165) is 0 Å². The lowest BCUT2D eigenvalue weighted by molar-refractivity contribution is -0.0746. The molecule has 21 heavy (non-hydrogen) atoms. The first-order valence-electron chi connectivity index (χ1n) is 6.21. The zero-order chi connectivity index (χ0) is 15.2. The van der Waals surface area contributed by atoms with Crippen LogP contribution in [-0.4, -0.2) is 54.3 Å². The van der Waals surface area contributed by atoms with Crippen LogP contribution in [0.15, 0.2) is 12.5 Å². The number of nitrogens with zero attached hydrogens (tertiary/aromatic N) is 5. The van der Waals surface area contributed by atoms with Gasteiger partial charge in [0.05, 0.1) is 24.2 Å². The summed E-state index contributed by atoms with van der Waals surface area (Å²) >= 11 is 0. The van der Waals surface area contributed by atoms with Crippen molar-refractivity contribution in [1.29, 1.82) is 5.26 Å². The molecule has 110 valence electrons. The van der Waals surface area contributed by atoms with Crippen molar-refractivity contribution in [3.63, 3.8) is 0 Å². The quantitative estimate of drug-likeness (QED) is 0.763. The van der Waals surface area contributed by atoms with E-state index in [0.29, 0.717) is 11.3 Å². The lowest BCUT2D eigenvalue weighted by Crippen LogP contribution is -2.44. The van der Waals surface area contributed by atoms with Crippen LogP contribution in [0.5, 0.6) is 0 Å². The van der Waals surface area contributed by atoms with Gasteiger partial charge in [-0.05, 0) is 6.92 Å².